The van der Waals surface area contributed by atoms with Crippen LogP contribution in [0.1, 0.15) is 47.2 Å². The number of amides is 1. The number of aromatic nitrogens is 1. The monoisotopic (exact) mass is 541 g/mol. The van der Waals surface area contributed by atoms with Crippen molar-refractivity contribution in [2.45, 2.75) is 54.0 Å². The summed E-state index contributed by atoms with van der Waals surface area (Å²) >= 11 is 3.39. The van der Waals surface area contributed by atoms with Gasteiger partial charge in [0.05, 0.1) is 29.0 Å². The molecule has 2 unspecified atom stereocenters. The van der Waals surface area contributed by atoms with Crippen molar-refractivity contribution < 1.29 is 14.3 Å². The number of hydrogen-bond acceptors (Lipinski definition) is 7. The van der Waals surface area contributed by atoms with E-state index in [9.17, 15) is 4.79 Å². The number of carbonyl (C=O) groups is 1. The Morgan fingerprint density at radius 1 is 1.08 bits per heavy atom. The fourth-order valence-corrected chi connectivity index (χ4v) is 7.50. The molecule has 2 aliphatic heterocycles. The summed E-state index contributed by atoms with van der Waals surface area (Å²) in [5, 5.41) is 9.15. The number of thiazole rings is 1. The summed E-state index contributed by atoms with van der Waals surface area (Å²) < 4.78 is 13.7. The van der Waals surface area contributed by atoms with Crippen molar-refractivity contribution in [3.05, 3.63) is 83.4 Å². The number of fused-ring (bicyclic) bond motifs is 3. The Morgan fingerprint density at radius 3 is 2.61 bits per heavy atom. The van der Waals surface area contributed by atoms with Crippen molar-refractivity contribution in [3.8, 4) is 17.6 Å². The smallest absolute Gasteiger partial charge is 0.254 e. The van der Waals surface area contributed by atoms with Gasteiger partial charge in [0.25, 0.3) is 5.91 Å². The van der Waals surface area contributed by atoms with Gasteiger partial charge in [0.15, 0.2) is 4.34 Å². The van der Waals surface area contributed by atoms with E-state index in [4.69, 9.17) is 19.7 Å². The van der Waals surface area contributed by atoms with Gasteiger partial charge in [-0.25, -0.2) is 4.98 Å². The number of nitriles is 1. The maximum absolute atomic E-state index is 13.5. The molecule has 2 atom stereocenters. The van der Waals surface area contributed by atoms with Crippen LogP contribution in [0, 0.1) is 11.3 Å². The third-order valence-electron chi connectivity index (χ3n) is 7.33. The number of hydrogen-bond donors (Lipinski definition) is 0. The second kappa shape index (κ2) is 10.7. The van der Waals surface area contributed by atoms with Crippen LogP contribution in [0.3, 0.4) is 0 Å². The second-order valence-electron chi connectivity index (χ2n) is 9.75. The van der Waals surface area contributed by atoms with E-state index in [1.807, 2.05) is 42.5 Å². The first-order valence-electron chi connectivity index (χ1n) is 12.8. The molecule has 6 nitrogen and oxygen atoms in total. The molecule has 192 valence electrons. The number of ether oxygens (including phenoxy) is 2. The quantitative estimate of drug-likeness (QED) is 0.243. The summed E-state index contributed by atoms with van der Waals surface area (Å²) in [5.41, 5.74) is 3.46. The number of benzene rings is 3. The summed E-state index contributed by atoms with van der Waals surface area (Å²) in [6, 6.07) is 23.8. The number of rotatable bonds is 7. The minimum absolute atomic E-state index is 0.0634. The van der Waals surface area contributed by atoms with Crippen LogP contribution in [-0.2, 0) is 5.75 Å². The molecule has 0 N–H and O–H groups in total. The highest BCUT2D eigenvalue weighted by Gasteiger charge is 2.44. The van der Waals surface area contributed by atoms with Crippen LogP contribution in [0.2, 0.25) is 0 Å². The first-order chi connectivity index (χ1) is 18.6. The van der Waals surface area contributed by atoms with Crippen molar-refractivity contribution in [2.75, 3.05) is 7.11 Å². The molecule has 1 amide bonds. The fourth-order valence-electron chi connectivity index (χ4n) is 5.50. The topological polar surface area (TPSA) is 75.4 Å². The summed E-state index contributed by atoms with van der Waals surface area (Å²) in [5.74, 6) is 2.45. The molecule has 0 spiro atoms. The van der Waals surface area contributed by atoms with Crippen molar-refractivity contribution >= 4 is 39.2 Å². The lowest BCUT2D eigenvalue weighted by Gasteiger charge is -2.39. The third-order valence-corrected chi connectivity index (χ3v) is 9.58. The van der Waals surface area contributed by atoms with E-state index < -0.39 is 0 Å². The minimum atomic E-state index is 0.0634. The molecule has 3 heterocycles. The summed E-state index contributed by atoms with van der Waals surface area (Å²) in [7, 11) is 1.66. The third kappa shape index (κ3) is 5.09. The second-order valence-corrected chi connectivity index (χ2v) is 12.0. The van der Waals surface area contributed by atoms with E-state index >= 15 is 0 Å². The first kappa shape index (κ1) is 24.8. The Hall–Kier alpha value is -3.54. The van der Waals surface area contributed by atoms with E-state index in [0.717, 1.165) is 68.6 Å². The van der Waals surface area contributed by atoms with E-state index in [0.29, 0.717) is 5.56 Å². The Labute approximate surface area is 230 Å². The van der Waals surface area contributed by atoms with Crippen molar-refractivity contribution in [2.24, 2.45) is 0 Å². The zero-order valence-corrected chi connectivity index (χ0v) is 22.6. The Morgan fingerprint density at radius 2 is 1.87 bits per heavy atom. The number of piperidine rings is 1. The molecule has 6 rings (SSSR count). The molecule has 2 saturated heterocycles. The zero-order valence-electron chi connectivity index (χ0n) is 21.0. The molecule has 0 radical (unpaired) electrons. The molecule has 2 bridgehead atoms. The molecule has 3 aromatic carbocycles. The SMILES string of the molecule is COc1ccc2sc(SCc3ccc(C(=O)N4C5CCC4CC(Oc4cccc(C#N)c4)C5)cc3)nc2c1. The molecule has 2 aliphatic rings. The van der Waals surface area contributed by atoms with Crippen molar-refractivity contribution in [1.29, 1.82) is 5.26 Å². The van der Waals surface area contributed by atoms with Gasteiger partial charge >= 0.3 is 0 Å². The van der Waals surface area contributed by atoms with Crippen LogP contribution >= 0.6 is 23.1 Å². The lowest BCUT2D eigenvalue weighted by atomic mass is 9.98. The normalized spacial score (nSPS) is 20.3. The molecular weight excluding hydrogens is 514 g/mol. The highest BCUT2D eigenvalue weighted by atomic mass is 32.2. The largest absolute Gasteiger partial charge is 0.497 e. The van der Waals surface area contributed by atoms with Crippen LogP contribution in [0.25, 0.3) is 10.2 Å². The average Bonchev–Trinajstić information content (AvgIpc) is 3.48. The van der Waals surface area contributed by atoms with Gasteiger partial charge in [0, 0.05) is 42.3 Å². The predicted molar refractivity (Wildman–Crippen MR) is 150 cm³/mol. The first-order valence-corrected chi connectivity index (χ1v) is 14.6. The maximum Gasteiger partial charge on any atom is 0.254 e. The highest BCUT2D eigenvalue weighted by molar-refractivity contribution is 8.00. The van der Waals surface area contributed by atoms with E-state index in [1.165, 1.54) is 0 Å². The van der Waals surface area contributed by atoms with Gasteiger partial charge in [-0.1, -0.05) is 30.0 Å². The fraction of sp³-hybridized carbons (Fsp3) is 0.300. The Balaban J connectivity index is 1.07. The highest BCUT2D eigenvalue weighted by Crippen LogP contribution is 2.39. The summed E-state index contributed by atoms with van der Waals surface area (Å²) in [4.78, 5) is 20.3. The van der Waals surface area contributed by atoms with Gasteiger partial charge in [0.1, 0.15) is 17.6 Å². The molecule has 8 heteroatoms. The van der Waals surface area contributed by atoms with Gasteiger partial charge in [-0.3, -0.25) is 4.79 Å². The van der Waals surface area contributed by atoms with Crippen LogP contribution in [0.4, 0.5) is 0 Å². The molecular formula is C30H27N3O3S2. The van der Waals surface area contributed by atoms with Gasteiger partial charge < -0.3 is 14.4 Å². The molecule has 1 aromatic heterocycles. The van der Waals surface area contributed by atoms with Crippen LogP contribution in [0.15, 0.2) is 71.1 Å². The number of carbonyl (C=O) groups excluding carboxylic acids is 1. The van der Waals surface area contributed by atoms with Gasteiger partial charge in [0.2, 0.25) is 0 Å². The van der Waals surface area contributed by atoms with Crippen molar-refractivity contribution in [3.63, 3.8) is 0 Å². The zero-order chi connectivity index (χ0) is 26.1. The lowest BCUT2D eigenvalue weighted by molar-refractivity contribution is 0.0359. The number of nitrogens with zero attached hydrogens (tertiary/aromatic N) is 3. The maximum atomic E-state index is 13.5. The van der Waals surface area contributed by atoms with E-state index in [2.05, 4.69) is 23.1 Å². The van der Waals surface area contributed by atoms with Gasteiger partial charge in [-0.15, -0.1) is 11.3 Å². The molecule has 4 aromatic rings. The lowest BCUT2D eigenvalue weighted by Crippen LogP contribution is -2.49. The number of methoxy groups -OCH3 is 1. The number of thioether (sulfide) groups is 1. The Bertz CT molecular complexity index is 1500. The molecule has 2 fully saturated rings. The molecule has 0 aliphatic carbocycles. The molecule has 0 saturated carbocycles. The predicted octanol–water partition coefficient (Wildman–Crippen LogP) is 6.68. The summed E-state index contributed by atoms with van der Waals surface area (Å²) in [6.07, 6.45) is 3.73. The summed E-state index contributed by atoms with van der Waals surface area (Å²) in [6.45, 7) is 0. The van der Waals surface area contributed by atoms with Crippen LogP contribution in [-0.4, -0.2) is 41.1 Å². The van der Waals surface area contributed by atoms with E-state index in [-0.39, 0.29) is 24.1 Å². The minimum Gasteiger partial charge on any atom is -0.497 e. The van der Waals surface area contributed by atoms with E-state index in [1.54, 1.807) is 42.3 Å². The van der Waals surface area contributed by atoms with Crippen molar-refractivity contribution in [1.82, 2.24) is 9.88 Å². The Kier molecular flexibility index (Phi) is 6.96. The van der Waals surface area contributed by atoms with Gasteiger partial charge in [-0.05, 0) is 60.9 Å². The van der Waals surface area contributed by atoms with Crippen LogP contribution < -0.4 is 9.47 Å². The average molecular weight is 542 g/mol. The molecule has 38 heavy (non-hydrogen) atoms. The van der Waals surface area contributed by atoms with Crippen LogP contribution in [0.5, 0.6) is 11.5 Å². The standard InChI is InChI=1S/C30H27N3O3S2/c1-35-24-11-12-28-27(16-24)32-30(38-28)37-18-19-5-7-21(8-6-19)29(34)33-22-9-10-23(33)15-26(14-22)36-25-4-2-3-20(13-25)17-31/h2-8,11-13,16,22-23,26H,9-10,14-15,18H2,1H3. The van der Waals surface area contributed by atoms with Gasteiger partial charge in [-0.2, -0.15) is 5.26 Å².